The summed E-state index contributed by atoms with van der Waals surface area (Å²) in [6.45, 7) is 0.416. The molecule has 0 amide bonds. The summed E-state index contributed by atoms with van der Waals surface area (Å²) < 4.78 is 5.21. The van der Waals surface area contributed by atoms with E-state index in [4.69, 9.17) is 9.84 Å². The summed E-state index contributed by atoms with van der Waals surface area (Å²) in [4.78, 5) is 0. The van der Waals surface area contributed by atoms with Gasteiger partial charge in [0.1, 0.15) is 5.60 Å². The van der Waals surface area contributed by atoms with Crippen LogP contribution < -0.4 is 0 Å². The largest absolute Gasteiger partial charge is 0.393 e. The van der Waals surface area contributed by atoms with E-state index < -0.39 is 11.7 Å². The fraction of sp³-hybridized carbons (Fsp3) is 0.714. The maximum atomic E-state index is 9.43. The monoisotopic (exact) mass is 142 g/mol. The molecule has 0 aromatic heterocycles. The second kappa shape index (κ2) is 1.81. The molecule has 2 rings (SSSR count). The minimum Gasteiger partial charge on any atom is -0.393 e. The van der Waals surface area contributed by atoms with Gasteiger partial charge >= 0.3 is 0 Å². The summed E-state index contributed by atoms with van der Waals surface area (Å²) >= 11 is 0. The Kier molecular flexibility index (Phi) is 1.15. The Morgan fingerprint density at radius 1 is 1.70 bits per heavy atom. The van der Waals surface area contributed by atoms with E-state index in [0.29, 0.717) is 6.61 Å². The van der Waals surface area contributed by atoms with Crippen molar-refractivity contribution in [2.24, 2.45) is 5.92 Å². The standard InChI is InChI=1S/C7H10O3/c8-4-7-2-1-5(3-10-7)6(7)9/h1-2,5-6,8-9H,3-4H2. The second-order valence-corrected chi connectivity index (χ2v) is 2.89. The van der Waals surface area contributed by atoms with Gasteiger partial charge in [0.05, 0.1) is 19.3 Å². The molecule has 0 aromatic carbocycles. The molecule has 3 nitrogen and oxygen atoms in total. The first kappa shape index (κ1) is 6.34. The molecule has 1 fully saturated rings. The normalized spacial score (nSPS) is 50.6. The molecule has 3 atom stereocenters. The van der Waals surface area contributed by atoms with Gasteiger partial charge in [0.15, 0.2) is 0 Å². The van der Waals surface area contributed by atoms with Crippen LogP contribution in [0.5, 0.6) is 0 Å². The SMILES string of the molecule is OCC12C=CC(CO1)C2O. The molecule has 1 aliphatic carbocycles. The molecular formula is C7H10O3. The molecule has 56 valence electrons. The summed E-state index contributed by atoms with van der Waals surface area (Å²) in [5.41, 5.74) is -0.759. The highest BCUT2D eigenvalue weighted by Crippen LogP contribution is 2.38. The van der Waals surface area contributed by atoms with Crippen LogP contribution in [0.1, 0.15) is 0 Å². The van der Waals surface area contributed by atoms with Gasteiger partial charge in [0.25, 0.3) is 0 Å². The highest BCUT2D eigenvalue weighted by atomic mass is 16.5. The lowest BCUT2D eigenvalue weighted by molar-refractivity contribution is -0.0532. The Hall–Kier alpha value is -0.380. The Morgan fingerprint density at radius 3 is 2.70 bits per heavy atom. The molecule has 1 aliphatic heterocycles. The van der Waals surface area contributed by atoms with Gasteiger partial charge in [-0.05, 0) is 0 Å². The molecule has 1 heterocycles. The number of aliphatic hydroxyl groups is 2. The Labute approximate surface area is 58.9 Å². The van der Waals surface area contributed by atoms with Gasteiger partial charge < -0.3 is 14.9 Å². The van der Waals surface area contributed by atoms with E-state index in [1.54, 1.807) is 6.08 Å². The van der Waals surface area contributed by atoms with Crippen molar-refractivity contribution in [2.45, 2.75) is 11.7 Å². The zero-order valence-corrected chi connectivity index (χ0v) is 5.53. The lowest BCUT2D eigenvalue weighted by Gasteiger charge is -2.22. The van der Waals surface area contributed by atoms with Gasteiger partial charge in [-0.2, -0.15) is 0 Å². The van der Waals surface area contributed by atoms with Crippen LogP contribution in [0.4, 0.5) is 0 Å². The summed E-state index contributed by atoms with van der Waals surface area (Å²) in [6.07, 6.45) is 3.13. The van der Waals surface area contributed by atoms with Crippen molar-refractivity contribution in [3.8, 4) is 0 Å². The van der Waals surface area contributed by atoms with E-state index in [1.807, 2.05) is 6.08 Å². The molecule has 2 bridgehead atoms. The Bertz CT molecular complexity index is 178. The van der Waals surface area contributed by atoms with Crippen LogP contribution in [0.25, 0.3) is 0 Å². The van der Waals surface area contributed by atoms with Gasteiger partial charge in [0.2, 0.25) is 0 Å². The summed E-state index contributed by atoms with van der Waals surface area (Å²) in [5, 5.41) is 18.3. The lowest BCUT2D eigenvalue weighted by atomic mass is 10.0. The molecule has 3 unspecified atom stereocenters. The van der Waals surface area contributed by atoms with E-state index in [-0.39, 0.29) is 12.5 Å². The zero-order valence-electron chi connectivity index (χ0n) is 5.53. The first-order chi connectivity index (χ1) is 4.78. The van der Waals surface area contributed by atoms with Gasteiger partial charge in [0, 0.05) is 5.92 Å². The molecule has 2 N–H and O–H groups in total. The van der Waals surface area contributed by atoms with Crippen molar-refractivity contribution in [3.05, 3.63) is 12.2 Å². The first-order valence-electron chi connectivity index (χ1n) is 3.41. The third-order valence-electron chi connectivity index (χ3n) is 2.32. The molecule has 0 spiro atoms. The molecular weight excluding hydrogens is 132 g/mol. The average Bonchev–Trinajstić information content (AvgIpc) is 2.46. The predicted molar refractivity (Wildman–Crippen MR) is 34.4 cm³/mol. The molecule has 0 saturated carbocycles. The lowest BCUT2D eigenvalue weighted by Crippen LogP contribution is -2.39. The summed E-state index contributed by atoms with van der Waals surface area (Å²) in [7, 11) is 0. The smallest absolute Gasteiger partial charge is 0.136 e. The quantitative estimate of drug-likeness (QED) is 0.476. The number of hydrogen-bond donors (Lipinski definition) is 2. The van der Waals surface area contributed by atoms with Crippen LogP contribution in [-0.4, -0.2) is 35.1 Å². The third kappa shape index (κ3) is 0.551. The summed E-state index contributed by atoms with van der Waals surface area (Å²) in [5.74, 6) is 0.104. The number of rotatable bonds is 1. The van der Waals surface area contributed by atoms with E-state index in [2.05, 4.69) is 0 Å². The van der Waals surface area contributed by atoms with Crippen LogP contribution in [0.3, 0.4) is 0 Å². The van der Waals surface area contributed by atoms with Gasteiger partial charge in [-0.1, -0.05) is 12.2 Å². The van der Waals surface area contributed by atoms with Gasteiger partial charge in [-0.3, -0.25) is 0 Å². The minimum absolute atomic E-state index is 0.104. The molecule has 0 radical (unpaired) electrons. The zero-order chi connectivity index (χ0) is 7.19. The molecule has 2 aliphatic rings. The third-order valence-corrected chi connectivity index (χ3v) is 2.32. The predicted octanol–water partition coefficient (Wildman–Crippen LogP) is -0.705. The van der Waals surface area contributed by atoms with E-state index in [9.17, 15) is 5.11 Å². The number of hydrogen-bond acceptors (Lipinski definition) is 3. The highest BCUT2D eigenvalue weighted by Gasteiger charge is 2.50. The fourth-order valence-corrected chi connectivity index (χ4v) is 1.58. The Balaban J connectivity index is 2.30. The fourth-order valence-electron chi connectivity index (χ4n) is 1.58. The van der Waals surface area contributed by atoms with E-state index in [1.165, 1.54) is 0 Å². The van der Waals surface area contributed by atoms with Crippen molar-refractivity contribution in [1.29, 1.82) is 0 Å². The average molecular weight is 142 g/mol. The van der Waals surface area contributed by atoms with Crippen LogP contribution >= 0.6 is 0 Å². The van der Waals surface area contributed by atoms with Gasteiger partial charge in [-0.15, -0.1) is 0 Å². The topological polar surface area (TPSA) is 49.7 Å². The highest BCUT2D eigenvalue weighted by molar-refractivity contribution is 5.22. The van der Waals surface area contributed by atoms with Crippen LogP contribution in [0.2, 0.25) is 0 Å². The maximum absolute atomic E-state index is 9.43. The minimum atomic E-state index is -0.759. The summed E-state index contributed by atoms with van der Waals surface area (Å²) in [6, 6.07) is 0. The van der Waals surface area contributed by atoms with Crippen molar-refractivity contribution in [2.75, 3.05) is 13.2 Å². The van der Waals surface area contributed by atoms with E-state index in [0.717, 1.165) is 0 Å². The van der Waals surface area contributed by atoms with Crippen molar-refractivity contribution < 1.29 is 14.9 Å². The van der Waals surface area contributed by atoms with Gasteiger partial charge in [-0.25, -0.2) is 0 Å². The van der Waals surface area contributed by atoms with Crippen LogP contribution in [-0.2, 0) is 4.74 Å². The number of fused-ring (bicyclic) bond motifs is 2. The molecule has 0 aromatic rings. The molecule has 3 heteroatoms. The maximum Gasteiger partial charge on any atom is 0.136 e. The van der Waals surface area contributed by atoms with Crippen molar-refractivity contribution in [1.82, 2.24) is 0 Å². The van der Waals surface area contributed by atoms with E-state index >= 15 is 0 Å². The van der Waals surface area contributed by atoms with Crippen molar-refractivity contribution in [3.63, 3.8) is 0 Å². The van der Waals surface area contributed by atoms with Crippen LogP contribution in [0.15, 0.2) is 12.2 Å². The van der Waals surface area contributed by atoms with Crippen LogP contribution in [0, 0.1) is 5.92 Å². The number of aliphatic hydroxyl groups excluding tert-OH is 2. The molecule has 10 heavy (non-hydrogen) atoms. The number of ether oxygens (including phenoxy) is 1. The Morgan fingerprint density at radius 2 is 2.50 bits per heavy atom. The first-order valence-corrected chi connectivity index (χ1v) is 3.41. The molecule has 1 saturated heterocycles. The second-order valence-electron chi connectivity index (χ2n) is 2.89. The van der Waals surface area contributed by atoms with Crippen molar-refractivity contribution >= 4 is 0 Å².